The highest BCUT2D eigenvalue weighted by Gasteiger charge is 2.34. The van der Waals surface area contributed by atoms with E-state index >= 15 is 0 Å². The molecule has 1 N–H and O–H groups in total. The van der Waals surface area contributed by atoms with Gasteiger partial charge in [-0.15, -0.1) is 0 Å². The Morgan fingerprint density at radius 1 is 1.40 bits per heavy atom. The third kappa shape index (κ3) is 5.23. The molecule has 1 aliphatic rings. The van der Waals surface area contributed by atoms with Crippen LogP contribution in [0.4, 0.5) is 23.7 Å². The van der Waals surface area contributed by atoms with E-state index in [9.17, 15) is 18.0 Å². The van der Waals surface area contributed by atoms with Crippen molar-refractivity contribution in [2.24, 2.45) is 0 Å². The Morgan fingerprint density at radius 2 is 2.04 bits per heavy atom. The van der Waals surface area contributed by atoms with E-state index in [2.05, 4.69) is 26.2 Å². The maximum Gasteiger partial charge on any atom is 0.433 e. The first kappa shape index (κ1) is 19.8. The number of ether oxygens (including phenoxy) is 1. The van der Waals surface area contributed by atoms with Crippen molar-refractivity contribution in [1.29, 1.82) is 0 Å². The molecule has 1 unspecified atom stereocenters. The Kier molecular flexibility index (Phi) is 5.56. The Balaban J connectivity index is 2.06. The quantitative estimate of drug-likeness (QED) is 0.706. The predicted octanol–water partition coefficient (Wildman–Crippen LogP) is 4.59. The van der Waals surface area contributed by atoms with Crippen LogP contribution >= 0.6 is 15.9 Å². The van der Waals surface area contributed by atoms with Crippen molar-refractivity contribution in [3.8, 4) is 0 Å². The van der Waals surface area contributed by atoms with Crippen molar-refractivity contribution in [3.05, 3.63) is 21.9 Å². The molecule has 1 aromatic rings. The molecule has 2 heterocycles. The minimum Gasteiger partial charge on any atom is -0.444 e. The van der Waals surface area contributed by atoms with Crippen LogP contribution in [0, 0.1) is 6.92 Å². The van der Waals surface area contributed by atoms with Crippen LogP contribution in [0.2, 0.25) is 0 Å². The predicted molar refractivity (Wildman–Crippen MR) is 91.5 cm³/mol. The van der Waals surface area contributed by atoms with E-state index in [1.165, 1.54) is 0 Å². The molecule has 0 aromatic carbocycles. The molecule has 0 aliphatic carbocycles. The molecule has 1 amide bonds. The Bertz CT molecular complexity index is 636. The zero-order valence-electron chi connectivity index (χ0n) is 14.5. The van der Waals surface area contributed by atoms with Crippen LogP contribution in [-0.4, -0.2) is 40.7 Å². The number of aromatic nitrogens is 1. The molecule has 1 atom stereocenters. The fraction of sp³-hybridized carbons (Fsp3) is 0.625. The summed E-state index contributed by atoms with van der Waals surface area (Å²) in [6, 6.07) is 0.925. The van der Waals surface area contributed by atoms with Gasteiger partial charge in [-0.2, -0.15) is 13.2 Å². The first-order chi connectivity index (χ1) is 11.4. The maximum absolute atomic E-state index is 12.8. The van der Waals surface area contributed by atoms with Gasteiger partial charge in [0.25, 0.3) is 0 Å². The average Bonchev–Trinajstić information content (AvgIpc) is 2.88. The van der Waals surface area contributed by atoms with Gasteiger partial charge in [0, 0.05) is 19.1 Å². The molecule has 5 nitrogen and oxygen atoms in total. The molecule has 0 spiro atoms. The first-order valence-corrected chi connectivity index (χ1v) is 8.65. The first-order valence-electron chi connectivity index (χ1n) is 7.85. The molecule has 0 saturated carbocycles. The van der Waals surface area contributed by atoms with Crippen LogP contribution in [0.5, 0.6) is 0 Å². The smallest absolute Gasteiger partial charge is 0.433 e. The number of amides is 1. The highest BCUT2D eigenvalue weighted by Crippen LogP contribution is 2.34. The highest BCUT2D eigenvalue weighted by atomic mass is 79.9. The number of halogens is 4. The molecule has 1 fully saturated rings. The number of likely N-dealkylation sites (tertiary alicyclic amines) is 1. The molecule has 1 aliphatic heterocycles. The summed E-state index contributed by atoms with van der Waals surface area (Å²) in [6.45, 7) is 7.92. The third-order valence-electron chi connectivity index (χ3n) is 3.65. The van der Waals surface area contributed by atoms with Gasteiger partial charge in [0.15, 0.2) is 0 Å². The summed E-state index contributed by atoms with van der Waals surface area (Å²) in [5.74, 6) is 0. The number of nitrogens with zero attached hydrogens (tertiary/aromatic N) is 2. The van der Waals surface area contributed by atoms with Crippen LogP contribution in [0.3, 0.4) is 0 Å². The maximum atomic E-state index is 12.8. The van der Waals surface area contributed by atoms with E-state index in [0.29, 0.717) is 30.8 Å². The van der Waals surface area contributed by atoms with Crippen molar-refractivity contribution < 1.29 is 22.7 Å². The molecule has 1 aromatic heterocycles. The van der Waals surface area contributed by atoms with Crippen molar-refractivity contribution in [2.45, 2.75) is 51.9 Å². The Labute approximate surface area is 153 Å². The zero-order chi connectivity index (χ0) is 19.0. The Hall–Kier alpha value is -1.51. The molecule has 25 heavy (non-hydrogen) atoms. The topological polar surface area (TPSA) is 54.5 Å². The number of carbonyl (C=O) groups is 1. The van der Waals surface area contributed by atoms with Crippen LogP contribution in [0.1, 0.15) is 38.4 Å². The van der Waals surface area contributed by atoms with E-state index in [1.807, 2.05) is 0 Å². The van der Waals surface area contributed by atoms with Gasteiger partial charge in [0.1, 0.15) is 15.9 Å². The summed E-state index contributed by atoms with van der Waals surface area (Å²) >= 11 is 3.10. The molecule has 0 radical (unpaired) electrons. The number of hydrogen-bond donors (Lipinski definition) is 1. The normalized spacial score (nSPS) is 18.4. The van der Waals surface area contributed by atoms with Crippen LogP contribution < -0.4 is 5.32 Å². The van der Waals surface area contributed by atoms with Crippen LogP contribution in [0.25, 0.3) is 0 Å². The van der Waals surface area contributed by atoms with Gasteiger partial charge in [-0.25, -0.2) is 9.78 Å². The highest BCUT2D eigenvalue weighted by molar-refractivity contribution is 9.10. The Morgan fingerprint density at radius 3 is 2.56 bits per heavy atom. The average molecular weight is 424 g/mol. The lowest BCUT2D eigenvalue weighted by molar-refractivity contribution is -0.141. The number of rotatable bonds is 2. The minimum absolute atomic E-state index is 0.0824. The van der Waals surface area contributed by atoms with Gasteiger partial charge < -0.3 is 15.0 Å². The number of anilines is 1. The SMILES string of the molecule is Cc1cc(C(F)(F)F)nc(Br)c1NC1CCN(C(=O)OC(C)(C)C)C1. The van der Waals surface area contributed by atoms with E-state index < -0.39 is 23.6 Å². The summed E-state index contributed by atoms with van der Waals surface area (Å²) < 4.78 is 43.8. The van der Waals surface area contributed by atoms with Crippen molar-refractivity contribution >= 4 is 27.7 Å². The summed E-state index contributed by atoms with van der Waals surface area (Å²) in [5.41, 5.74) is -0.572. The molecular formula is C16H21BrF3N3O2. The van der Waals surface area contributed by atoms with Crippen LogP contribution in [-0.2, 0) is 10.9 Å². The number of alkyl halides is 3. The lowest BCUT2D eigenvalue weighted by atomic mass is 10.2. The summed E-state index contributed by atoms with van der Waals surface area (Å²) in [5, 5.41) is 3.18. The molecule has 0 bridgehead atoms. The van der Waals surface area contributed by atoms with E-state index in [0.717, 1.165) is 6.07 Å². The summed E-state index contributed by atoms with van der Waals surface area (Å²) in [7, 11) is 0. The van der Waals surface area contributed by atoms with Gasteiger partial charge in [-0.3, -0.25) is 0 Å². The van der Waals surface area contributed by atoms with Crippen LogP contribution in [0.15, 0.2) is 10.7 Å². The van der Waals surface area contributed by atoms with E-state index in [-0.39, 0.29) is 10.6 Å². The number of hydrogen-bond acceptors (Lipinski definition) is 4. The van der Waals surface area contributed by atoms with E-state index in [1.54, 1.807) is 32.6 Å². The largest absolute Gasteiger partial charge is 0.444 e. The molecule has 9 heteroatoms. The second-order valence-corrected chi connectivity index (χ2v) is 7.80. The standard InChI is InChI=1S/C16H21BrF3N3O2/c1-9-7-11(16(18,19)20)22-13(17)12(9)21-10-5-6-23(8-10)14(24)25-15(2,3)4/h7,10,21H,5-6,8H2,1-4H3. The van der Waals surface area contributed by atoms with Gasteiger partial charge in [-0.1, -0.05) is 0 Å². The van der Waals surface area contributed by atoms with Crippen molar-refractivity contribution in [1.82, 2.24) is 9.88 Å². The monoisotopic (exact) mass is 423 g/mol. The van der Waals surface area contributed by atoms with Gasteiger partial charge in [-0.05, 0) is 61.7 Å². The molecule has 1 saturated heterocycles. The van der Waals surface area contributed by atoms with Gasteiger partial charge in [0.2, 0.25) is 0 Å². The number of carbonyl (C=O) groups excluding carboxylic acids is 1. The van der Waals surface area contributed by atoms with Crippen molar-refractivity contribution in [3.63, 3.8) is 0 Å². The second kappa shape index (κ2) is 7.01. The van der Waals surface area contributed by atoms with Gasteiger partial charge in [0.05, 0.1) is 5.69 Å². The summed E-state index contributed by atoms with van der Waals surface area (Å²) in [6.07, 6.45) is -4.21. The molecule has 140 valence electrons. The molecular weight excluding hydrogens is 403 g/mol. The fourth-order valence-electron chi connectivity index (χ4n) is 2.53. The number of aryl methyl sites for hydroxylation is 1. The molecule has 2 rings (SSSR count). The minimum atomic E-state index is -4.49. The van der Waals surface area contributed by atoms with Crippen molar-refractivity contribution in [2.75, 3.05) is 18.4 Å². The summed E-state index contributed by atoms with van der Waals surface area (Å²) in [4.78, 5) is 17.2. The van der Waals surface area contributed by atoms with E-state index in [4.69, 9.17) is 4.74 Å². The third-order valence-corrected chi connectivity index (χ3v) is 4.23. The lowest BCUT2D eigenvalue weighted by Gasteiger charge is -2.24. The zero-order valence-corrected chi connectivity index (χ0v) is 16.1. The fourth-order valence-corrected chi connectivity index (χ4v) is 3.15. The van der Waals surface area contributed by atoms with Gasteiger partial charge >= 0.3 is 12.3 Å². The second-order valence-electron chi connectivity index (χ2n) is 7.04. The number of pyridine rings is 1. The number of nitrogens with one attached hydrogen (secondary N) is 1. The lowest BCUT2D eigenvalue weighted by Crippen LogP contribution is -2.36.